The topological polar surface area (TPSA) is 91.6 Å². The van der Waals surface area contributed by atoms with Crippen LogP contribution in [0.1, 0.15) is 28.8 Å². The first-order valence-corrected chi connectivity index (χ1v) is 13.3. The first-order chi connectivity index (χ1) is 18.4. The van der Waals surface area contributed by atoms with Gasteiger partial charge in [-0.2, -0.15) is 0 Å². The van der Waals surface area contributed by atoms with Crippen LogP contribution in [0, 0.1) is 5.82 Å². The zero-order valence-electron chi connectivity index (χ0n) is 21.2. The van der Waals surface area contributed by atoms with Crippen LogP contribution in [0.25, 0.3) is 10.2 Å². The molecule has 0 radical (unpaired) electrons. The van der Waals surface area contributed by atoms with Crippen molar-refractivity contribution >= 4 is 33.1 Å². The summed E-state index contributed by atoms with van der Waals surface area (Å²) in [6.45, 7) is -0.115. The molecule has 0 saturated carbocycles. The Kier molecular flexibility index (Phi) is 7.33. The van der Waals surface area contributed by atoms with E-state index in [2.05, 4.69) is 5.32 Å². The predicted molar refractivity (Wildman–Crippen MR) is 145 cm³/mol. The fourth-order valence-corrected chi connectivity index (χ4v) is 6.28. The van der Waals surface area contributed by atoms with Crippen LogP contribution >= 0.6 is 11.3 Å². The van der Waals surface area contributed by atoms with Crippen LogP contribution in [-0.2, 0) is 37.1 Å². The molecule has 5 rings (SSSR count). The number of nitrogens with zero attached hydrogens (tertiary/aromatic N) is 2. The highest BCUT2D eigenvalue weighted by Gasteiger charge is 2.24. The number of halogens is 1. The molecule has 0 saturated heterocycles. The van der Waals surface area contributed by atoms with Crippen molar-refractivity contribution in [2.45, 2.75) is 45.2 Å². The van der Waals surface area contributed by atoms with E-state index in [0.29, 0.717) is 33.8 Å². The van der Waals surface area contributed by atoms with Crippen LogP contribution in [0.15, 0.2) is 52.1 Å². The predicted octanol–water partition coefficient (Wildman–Crippen LogP) is 4.14. The van der Waals surface area contributed by atoms with Gasteiger partial charge in [0.05, 0.1) is 19.6 Å². The number of thiophene rings is 1. The number of ether oxygens (including phenoxy) is 2. The Morgan fingerprint density at radius 3 is 2.47 bits per heavy atom. The zero-order chi connectivity index (χ0) is 26.8. The van der Waals surface area contributed by atoms with Gasteiger partial charge >= 0.3 is 5.69 Å². The maximum absolute atomic E-state index is 13.7. The van der Waals surface area contributed by atoms with Crippen molar-refractivity contribution in [2.75, 3.05) is 19.5 Å². The molecule has 10 heteroatoms. The molecule has 0 aliphatic heterocycles. The number of hydrogen-bond acceptors (Lipinski definition) is 6. The van der Waals surface area contributed by atoms with Gasteiger partial charge in [0.15, 0.2) is 11.5 Å². The number of rotatable bonds is 8. The maximum Gasteiger partial charge on any atom is 0.332 e. The molecule has 0 unspecified atom stereocenters. The van der Waals surface area contributed by atoms with E-state index < -0.39 is 17.4 Å². The second-order valence-electron chi connectivity index (χ2n) is 9.21. The summed E-state index contributed by atoms with van der Waals surface area (Å²) >= 11 is 1.43. The van der Waals surface area contributed by atoms with Crippen LogP contribution in [0.2, 0.25) is 0 Å². The Bertz CT molecular complexity index is 1620. The second kappa shape index (κ2) is 10.8. The number of benzene rings is 2. The van der Waals surface area contributed by atoms with Gasteiger partial charge in [-0.25, -0.2) is 9.18 Å². The minimum Gasteiger partial charge on any atom is -0.493 e. The van der Waals surface area contributed by atoms with E-state index in [9.17, 15) is 18.8 Å². The van der Waals surface area contributed by atoms with Gasteiger partial charge < -0.3 is 14.8 Å². The molecular weight excluding hydrogens is 509 g/mol. The number of aromatic nitrogens is 2. The molecule has 4 aromatic rings. The number of methoxy groups -OCH3 is 2. The maximum atomic E-state index is 13.7. The van der Waals surface area contributed by atoms with E-state index in [0.717, 1.165) is 41.7 Å². The number of fused-ring (bicyclic) bond motifs is 3. The van der Waals surface area contributed by atoms with Crippen LogP contribution in [0.3, 0.4) is 0 Å². The molecule has 2 heterocycles. The highest BCUT2D eigenvalue weighted by atomic mass is 32.1. The lowest BCUT2D eigenvalue weighted by atomic mass is 9.97. The Labute approximate surface area is 222 Å². The Hall–Kier alpha value is -3.92. The van der Waals surface area contributed by atoms with Gasteiger partial charge in [-0.3, -0.25) is 18.7 Å². The summed E-state index contributed by atoms with van der Waals surface area (Å²) in [4.78, 5) is 41.9. The van der Waals surface area contributed by atoms with Crippen LogP contribution in [0.5, 0.6) is 11.5 Å². The molecule has 198 valence electrons. The van der Waals surface area contributed by atoms with Crippen molar-refractivity contribution in [1.82, 2.24) is 9.13 Å². The monoisotopic (exact) mass is 537 g/mol. The van der Waals surface area contributed by atoms with Crippen molar-refractivity contribution in [3.63, 3.8) is 0 Å². The summed E-state index contributed by atoms with van der Waals surface area (Å²) in [5.41, 5.74) is 1.44. The van der Waals surface area contributed by atoms with E-state index >= 15 is 0 Å². The van der Waals surface area contributed by atoms with Gasteiger partial charge in [-0.15, -0.1) is 11.3 Å². The van der Waals surface area contributed by atoms with E-state index in [1.54, 1.807) is 20.3 Å². The van der Waals surface area contributed by atoms with Crippen LogP contribution in [-0.4, -0.2) is 29.3 Å². The molecule has 0 atom stereocenters. The van der Waals surface area contributed by atoms with Gasteiger partial charge in [0.25, 0.3) is 5.56 Å². The summed E-state index contributed by atoms with van der Waals surface area (Å²) in [6.07, 6.45) is 4.06. The van der Waals surface area contributed by atoms with Crippen molar-refractivity contribution < 1.29 is 18.7 Å². The number of carbonyl (C=O) groups excluding carboxylic acids is 1. The first-order valence-electron chi connectivity index (χ1n) is 12.4. The number of carbonyl (C=O) groups is 1. The third kappa shape index (κ3) is 4.96. The van der Waals surface area contributed by atoms with Gasteiger partial charge in [0.2, 0.25) is 5.91 Å². The van der Waals surface area contributed by atoms with Crippen molar-refractivity contribution in [1.29, 1.82) is 0 Å². The molecule has 2 aromatic carbocycles. The lowest BCUT2D eigenvalue weighted by Gasteiger charge is -2.14. The van der Waals surface area contributed by atoms with E-state index in [4.69, 9.17) is 9.47 Å². The largest absolute Gasteiger partial charge is 0.493 e. The van der Waals surface area contributed by atoms with Gasteiger partial charge in [0.1, 0.15) is 17.2 Å². The second-order valence-corrected chi connectivity index (χ2v) is 10.3. The standard InChI is InChI=1S/C28H28FN3O5S/c1-36-21-12-7-17(15-22(21)37-2)13-14-31-26(34)25-20-5-3-4-6-23(20)38-27(25)32(28(31)35)16-24(33)30-19-10-8-18(29)9-11-19/h7-12,15H,3-6,13-14,16H2,1-2H3,(H,30,33). The van der Waals surface area contributed by atoms with E-state index in [1.807, 2.05) is 12.1 Å². The van der Waals surface area contributed by atoms with E-state index in [1.165, 1.54) is 44.7 Å². The molecule has 1 amide bonds. The summed E-state index contributed by atoms with van der Waals surface area (Å²) in [5.74, 6) is 0.312. The van der Waals surface area contributed by atoms with Crippen molar-refractivity contribution in [3.05, 3.63) is 85.1 Å². The molecule has 0 spiro atoms. The molecule has 1 aliphatic rings. The van der Waals surface area contributed by atoms with E-state index in [-0.39, 0.29) is 18.6 Å². The summed E-state index contributed by atoms with van der Waals surface area (Å²) in [6, 6.07) is 10.9. The number of amides is 1. The molecule has 1 aliphatic carbocycles. The van der Waals surface area contributed by atoms with Gasteiger partial charge in [0, 0.05) is 17.1 Å². The minimum atomic E-state index is -0.532. The Morgan fingerprint density at radius 1 is 1.00 bits per heavy atom. The van der Waals surface area contributed by atoms with Crippen LogP contribution in [0.4, 0.5) is 10.1 Å². The van der Waals surface area contributed by atoms with Gasteiger partial charge in [-0.1, -0.05) is 6.07 Å². The molecule has 8 nitrogen and oxygen atoms in total. The van der Waals surface area contributed by atoms with Crippen molar-refractivity contribution in [3.8, 4) is 11.5 Å². The van der Waals surface area contributed by atoms with Crippen molar-refractivity contribution in [2.24, 2.45) is 0 Å². The summed E-state index contributed by atoms with van der Waals surface area (Å²) in [5, 5.41) is 3.25. The molecule has 2 aromatic heterocycles. The molecule has 38 heavy (non-hydrogen) atoms. The average Bonchev–Trinajstić information content (AvgIpc) is 3.32. The average molecular weight is 538 g/mol. The third-order valence-corrected chi connectivity index (χ3v) is 8.14. The number of nitrogens with one attached hydrogen (secondary N) is 1. The number of hydrogen-bond donors (Lipinski definition) is 1. The highest BCUT2D eigenvalue weighted by molar-refractivity contribution is 7.18. The molecule has 0 bridgehead atoms. The number of anilines is 1. The first kappa shape index (κ1) is 25.7. The fourth-order valence-electron chi connectivity index (χ4n) is 4.91. The Balaban J connectivity index is 1.53. The SMILES string of the molecule is COc1ccc(CCn2c(=O)c3c4c(sc3n(CC(=O)Nc3ccc(F)cc3)c2=O)CCCC4)cc1OC. The fraction of sp³-hybridized carbons (Fsp3) is 0.321. The third-order valence-electron chi connectivity index (χ3n) is 6.82. The summed E-state index contributed by atoms with van der Waals surface area (Å²) < 4.78 is 26.6. The molecule has 0 fully saturated rings. The lowest BCUT2D eigenvalue weighted by Crippen LogP contribution is -2.42. The van der Waals surface area contributed by atoms with Gasteiger partial charge in [-0.05, 0) is 79.6 Å². The summed E-state index contributed by atoms with van der Waals surface area (Å²) in [7, 11) is 3.11. The number of aryl methyl sites for hydroxylation is 3. The smallest absolute Gasteiger partial charge is 0.332 e. The Morgan fingerprint density at radius 2 is 1.74 bits per heavy atom. The highest BCUT2D eigenvalue weighted by Crippen LogP contribution is 2.34. The molecular formula is C28H28FN3O5S. The normalized spacial score (nSPS) is 12.8. The minimum absolute atomic E-state index is 0.146. The zero-order valence-corrected chi connectivity index (χ0v) is 22.0. The lowest BCUT2D eigenvalue weighted by molar-refractivity contribution is -0.116. The quantitative estimate of drug-likeness (QED) is 0.365. The molecule has 1 N–H and O–H groups in total. The van der Waals surface area contributed by atoms with Crippen LogP contribution < -0.4 is 26.0 Å².